The standard InChI is InChI=1S/C18H31ClN4O3S.HI/c1-5-20-18(21-11-7-13-23(3)27(24,25)6-2)22-12-10-15-8-9-16(26-4)14-17(15)19;/h8-9,14H,5-7,10-13H2,1-4H3,(H2,20,21,22);1H. The van der Waals surface area contributed by atoms with Crippen molar-refractivity contribution in [3.05, 3.63) is 28.8 Å². The molecule has 0 spiro atoms. The Morgan fingerprint density at radius 1 is 1.29 bits per heavy atom. The summed E-state index contributed by atoms with van der Waals surface area (Å²) >= 11 is 6.26. The van der Waals surface area contributed by atoms with Crippen molar-refractivity contribution in [3.63, 3.8) is 0 Å². The van der Waals surface area contributed by atoms with Crippen LogP contribution < -0.4 is 15.4 Å². The third-order valence-corrected chi connectivity index (χ3v) is 6.25. The summed E-state index contributed by atoms with van der Waals surface area (Å²) in [6.07, 6.45) is 1.42. The van der Waals surface area contributed by atoms with Crippen molar-refractivity contribution in [2.24, 2.45) is 4.99 Å². The maximum Gasteiger partial charge on any atom is 0.213 e. The normalized spacial score (nSPS) is 11.9. The van der Waals surface area contributed by atoms with E-state index in [1.165, 1.54) is 4.31 Å². The van der Waals surface area contributed by atoms with Crippen LogP contribution in [0.5, 0.6) is 5.75 Å². The number of nitrogens with one attached hydrogen (secondary N) is 2. The van der Waals surface area contributed by atoms with Crippen LogP contribution in [0.1, 0.15) is 25.8 Å². The van der Waals surface area contributed by atoms with Crippen molar-refractivity contribution >= 4 is 51.6 Å². The molecule has 1 aromatic rings. The number of hydrogen-bond acceptors (Lipinski definition) is 4. The number of guanidine groups is 1. The maximum atomic E-state index is 11.7. The van der Waals surface area contributed by atoms with Crippen molar-refractivity contribution < 1.29 is 13.2 Å². The van der Waals surface area contributed by atoms with Gasteiger partial charge >= 0.3 is 0 Å². The SMILES string of the molecule is CCNC(=NCCCN(C)S(=O)(=O)CC)NCCc1ccc(OC)cc1Cl.I. The summed E-state index contributed by atoms with van der Waals surface area (Å²) in [6.45, 7) is 6.08. The van der Waals surface area contributed by atoms with Gasteiger partial charge in [0.05, 0.1) is 12.9 Å². The van der Waals surface area contributed by atoms with Crippen molar-refractivity contribution in [3.8, 4) is 5.75 Å². The summed E-state index contributed by atoms with van der Waals surface area (Å²) in [5, 5.41) is 7.14. The lowest BCUT2D eigenvalue weighted by atomic mass is 10.1. The third-order valence-electron chi connectivity index (χ3n) is 4.03. The van der Waals surface area contributed by atoms with E-state index in [4.69, 9.17) is 16.3 Å². The molecular formula is C18H32ClIN4O3S. The molecule has 0 bridgehead atoms. The Morgan fingerprint density at radius 2 is 2.00 bits per heavy atom. The molecular weight excluding hydrogens is 515 g/mol. The average Bonchev–Trinajstić information content (AvgIpc) is 2.65. The third kappa shape index (κ3) is 9.62. The highest BCUT2D eigenvalue weighted by molar-refractivity contribution is 14.0. The summed E-state index contributed by atoms with van der Waals surface area (Å²) in [6, 6.07) is 5.65. The summed E-state index contributed by atoms with van der Waals surface area (Å²) in [5.41, 5.74) is 1.03. The van der Waals surface area contributed by atoms with Crippen LogP contribution >= 0.6 is 35.6 Å². The smallest absolute Gasteiger partial charge is 0.213 e. The number of hydrogen-bond donors (Lipinski definition) is 2. The highest BCUT2D eigenvalue weighted by Crippen LogP contribution is 2.22. The Bertz CT molecular complexity index is 717. The van der Waals surface area contributed by atoms with E-state index in [1.807, 2.05) is 19.1 Å². The van der Waals surface area contributed by atoms with Crippen LogP contribution in [0.2, 0.25) is 5.02 Å². The Kier molecular flexibility index (Phi) is 13.8. The van der Waals surface area contributed by atoms with E-state index >= 15 is 0 Å². The molecule has 0 radical (unpaired) electrons. The van der Waals surface area contributed by atoms with E-state index in [-0.39, 0.29) is 29.7 Å². The van der Waals surface area contributed by atoms with Crippen LogP contribution in [0.3, 0.4) is 0 Å². The van der Waals surface area contributed by atoms with Gasteiger partial charge in [-0.05, 0) is 44.4 Å². The van der Waals surface area contributed by atoms with Gasteiger partial charge in [-0.15, -0.1) is 24.0 Å². The Balaban J connectivity index is 0.00000729. The van der Waals surface area contributed by atoms with E-state index < -0.39 is 10.0 Å². The zero-order chi connectivity index (χ0) is 20.3. The molecule has 0 aliphatic carbocycles. The second kappa shape index (κ2) is 14.2. The quantitative estimate of drug-likeness (QED) is 0.193. The van der Waals surface area contributed by atoms with Crippen LogP contribution in [-0.4, -0.2) is 64.8 Å². The largest absolute Gasteiger partial charge is 0.497 e. The molecule has 2 N–H and O–H groups in total. The molecule has 0 heterocycles. The van der Waals surface area contributed by atoms with Gasteiger partial charge in [0.1, 0.15) is 5.75 Å². The first kappa shape index (κ1) is 27.2. The fraction of sp³-hybridized carbons (Fsp3) is 0.611. The Labute approximate surface area is 191 Å². The number of benzene rings is 1. The highest BCUT2D eigenvalue weighted by atomic mass is 127. The van der Waals surface area contributed by atoms with Crippen molar-refractivity contribution in [1.29, 1.82) is 0 Å². The molecule has 1 rings (SSSR count). The fourth-order valence-electron chi connectivity index (χ4n) is 2.36. The minimum absolute atomic E-state index is 0. The maximum absolute atomic E-state index is 11.7. The Morgan fingerprint density at radius 3 is 2.57 bits per heavy atom. The number of methoxy groups -OCH3 is 1. The molecule has 0 unspecified atom stereocenters. The minimum atomic E-state index is -3.13. The summed E-state index contributed by atoms with van der Waals surface area (Å²) in [7, 11) is 0.0834. The van der Waals surface area contributed by atoms with Gasteiger partial charge in [0.15, 0.2) is 5.96 Å². The van der Waals surface area contributed by atoms with E-state index in [2.05, 4.69) is 15.6 Å². The predicted octanol–water partition coefficient (Wildman–Crippen LogP) is 2.74. The number of rotatable bonds is 11. The summed E-state index contributed by atoms with van der Waals surface area (Å²) in [4.78, 5) is 4.49. The van der Waals surface area contributed by atoms with Crippen LogP contribution in [0.15, 0.2) is 23.2 Å². The number of nitrogens with zero attached hydrogens (tertiary/aromatic N) is 2. The fourth-order valence-corrected chi connectivity index (χ4v) is 3.47. The van der Waals surface area contributed by atoms with Crippen LogP contribution in [-0.2, 0) is 16.4 Å². The molecule has 10 heteroatoms. The van der Waals surface area contributed by atoms with Crippen molar-refractivity contribution in [2.45, 2.75) is 26.7 Å². The second-order valence-electron chi connectivity index (χ2n) is 5.97. The highest BCUT2D eigenvalue weighted by Gasteiger charge is 2.13. The van der Waals surface area contributed by atoms with Gasteiger partial charge in [0.2, 0.25) is 10.0 Å². The lowest BCUT2D eigenvalue weighted by Gasteiger charge is -2.15. The topological polar surface area (TPSA) is 83.0 Å². The van der Waals surface area contributed by atoms with Gasteiger partial charge in [-0.2, -0.15) is 0 Å². The van der Waals surface area contributed by atoms with Crippen LogP contribution in [0.4, 0.5) is 0 Å². The van der Waals surface area contributed by atoms with E-state index in [1.54, 1.807) is 27.1 Å². The first-order valence-corrected chi connectivity index (χ1v) is 11.1. The van der Waals surface area contributed by atoms with Crippen molar-refractivity contribution in [1.82, 2.24) is 14.9 Å². The lowest BCUT2D eigenvalue weighted by Crippen LogP contribution is -2.38. The van der Waals surface area contributed by atoms with Gasteiger partial charge in [-0.3, -0.25) is 4.99 Å². The molecule has 0 aliphatic rings. The van der Waals surface area contributed by atoms with E-state index in [9.17, 15) is 8.42 Å². The molecule has 28 heavy (non-hydrogen) atoms. The first-order chi connectivity index (χ1) is 12.8. The van der Waals surface area contributed by atoms with Crippen molar-refractivity contribution in [2.75, 3.05) is 46.1 Å². The molecule has 0 saturated heterocycles. The van der Waals surface area contributed by atoms with E-state index in [0.29, 0.717) is 37.0 Å². The molecule has 0 fully saturated rings. The monoisotopic (exact) mass is 546 g/mol. The minimum Gasteiger partial charge on any atom is -0.497 e. The predicted molar refractivity (Wildman–Crippen MR) is 128 cm³/mol. The number of halogens is 2. The zero-order valence-corrected chi connectivity index (χ0v) is 20.9. The second-order valence-corrected chi connectivity index (χ2v) is 8.74. The molecule has 0 aromatic heterocycles. The number of sulfonamides is 1. The first-order valence-electron chi connectivity index (χ1n) is 9.12. The van der Waals surface area contributed by atoms with Crippen LogP contribution in [0.25, 0.3) is 0 Å². The molecule has 162 valence electrons. The number of aliphatic imine (C=N–C) groups is 1. The molecule has 7 nitrogen and oxygen atoms in total. The van der Waals surface area contributed by atoms with Gasteiger partial charge in [0, 0.05) is 38.2 Å². The molecule has 1 aromatic carbocycles. The van der Waals surface area contributed by atoms with Crippen LogP contribution in [0, 0.1) is 0 Å². The summed E-state index contributed by atoms with van der Waals surface area (Å²) in [5.74, 6) is 1.56. The Hall–Kier alpha value is -0.780. The van der Waals surface area contributed by atoms with Gasteiger partial charge in [-0.25, -0.2) is 12.7 Å². The molecule has 0 saturated carbocycles. The van der Waals surface area contributed by atoms with E-state index in [0.717, 1.165) is 24.3 Å². The average molecular weight is 547 g/mol. The zero-order valence-electron chi connectivity index (χ0n) is 17.0. The molecule has 0 amide bonds. The van der Waals surface area contributed by atoms with Gasteiger partial charge < -0.3 is 15.4 Å². The number of ether oxygens (including phenoxy) is 1. The van der Waals surface area contributed by atoms with Gasteiger partial charge in [0.25, 0.3) is 0 Å². The van der Waals surface area contributed by atoms with Gasteiger partial charge in [-0.1, -0.05) is 17.7 Å². The summed E-state index contributed by atoms with van der Waals surface area (Å²) < 4.78 is 30.0. The lowest BCUT2D eigenvalue weighted by molar-refractivity contribution is 0.414. The molecule has 0 aliphatic heterocycles. The molecule has 0 atom stereocenters.